The Morgan fingerprint density at radius 3 is 2.37 bits per heavy atom. The van der Waals surface area contributed by atoms with Gasteiger partial charge in [0.25, 0.3) is 0 Å². The molecule has 1 aromatic carbocycles. The fraction of sp³-hybridized carbons (Fsp3) is 0.500. The molecule has 0 spiro atoms. The van der Waals surface area contributed by atoms with Crippen molar-refractivity contribution < 1.29 is 4.74 Å². The van der Waals surface area contributed by atoms with Gasteiger partial charge in [-0.25, -0.2) is 0 Å². The standard InChI is InChI=1S/C16H22Cl2O/c1-5-10-16(2,3)15(18)11-14(17)12-6-8-13(19-4)9-7-12/h6-9,11,15H,5,10H2,1-4H3. The molecule has 0 aromatic heterocycles. The summed E-state index contributed by atoms with van der Waals surface area (Å²) in [7, 11) is 1.65. The van der Waals surface area contributed by atoms with Crippen LogP contribution in [0.1, 0.15) is 39.2 Å². The number of rotatable bonds is 6. The van der Waals surface area contributed by atoms with Crippen LogP contribution in [0.3, 0.4) is 0 Å². The van der Waals surface area contributed by atoms with Crippen LogP contribution in [-0.4, -0.2) is 12.5 Å². The predicted molar refractivity (Wildman–Crippen MR) is 85.2 cm³/mol. The highest BCUT2D eigenvalue weighted by molar-refractivity contribution is 6.49. The molecule has 1 aromatic rings. The molecule has 0 aliphatic carbocycles. The summed E-state index contributed by atoms with van der Waals surface area (Å²) in [5.41, 5.74) is 1.00. The molecule has 0 heterocycles. The zero-order valence-corrected chi connectivity index (χ0v) is 13.6. The Labute approximate surface area is 126 Å². The Bertz CT molecular complexity index is 421. The van der Waals surface area contributed by atoms with Crippen molar-refractivity contribution in [2.24, 2.45) is 5.41 Å². The van der Waals surface area contributed by atoms with Gasteiger partial charge in [0.2, 0.25) is 0 Å². The highest BCUT2D eigenvalue weighted by atomic mass is 35.5. The SMILES string of the molecule is CCCC(C)(C)C(Cl)C=C(Cl)c1ccc(OC)cc1. The number of hydrogen-bond acceptors (Lipinski definition) is 1. The van der Waals surface area contributed by atoms with Crippen LogP contribution in [0.25, 0.3) is 5.03 Å². The second-order valence-corrected chi connectivity index (χ2v) is 6.26. The third kappa shape index (κ3) is 4.74. The molecule has 0 fully saturated rings. The second-order valence-electron chi connectivity index (χ2n) is 5.38. The van der Waals surface area contributed by atoms with E-state index in [4.69, 9.17) is 27.9 Å². The third-order valence-corrected chi connectivity index (χ3v) is 4.36. The number of halogens is 2. The van der Waals surface area contributed by atoms with Gasteiger partial charge < -0.3 is 4.74 Å². The van der Waals surface area contributed by atoms with Crippen LogP contribution < -0.4 is 4.74 Å². The molecule has 0 N–H and O–H groups in total. The summed E-state index contributed by atoms with van der Waals surface area (Å²) in [5.74, 6) is 0.821. The van der Waals surface area contributed by atoms with Crippen molar-refractivity contribution in [3.8, 4) is 5.75 Å². The monoisotopic (exact) mass is 300 g/mol. The molecule has 3 heteroatoms. The first-order valence-corrected chi connectivity index (χ1v) is 7.38. The zero-order valence-electron chi connectivity index (χ0n) is 12.0. The number of methoxy groups -OCH3 is 1. The van der Waals surface area contributed by atoms with Gasteiger partial charge in [0.05, 0.1) is 12.5 Å². The fourth-order valence-electron chi connectivity index (χ4n) is 1.98. The third-order valence-electron chi connectivity index (χ3n) is 3.30. The Morgan fingerprint density at radius 1 is 1.32 bits per heavy atom. The lowest BCUT2D eigenvalue weighted by Gasteiger charge is -2.27. The van der Waals surface area contributed by atoms with E-state index >= 15 is 0 Å². The fourth-order valence-corrected chi connectivity index (χ4v) is 2.53. The minimum absolute atomic E-state index is 0.0446. The van der Waals surface area contributed by atoms with Gasteiger partial charge in [0, 0.05) is 5.03 Å². The highest BCUT2D eigenvalue weighted by Gasteiger charge is 2.25. The smallest absolute Gasteiger partial charge is 0.118 e. The lowest BCUT2D eigenvalue weighted by atomic mass is 9.84. The first-order valence-electron chi connectivity index (χ1n) is 6.56. The summed E-state index contributed by atoms with van der Waals surface area (Å²) < 4.78 is 5.13. The zero-order chi connectivity index (χ0) is 14.5. The van der Waals surface area contributed by atoms with Crippen molar-refractivity contribution >= 4 is 28.2 Å². The highest BCUT2D eigenvalue weighted by Crippen LogP contribution is 2.34. The molecule has 0 saturated carbocycles. The largest absolute Gasteiger partial charge is 0.497 e. The van der Waals surface area contributed by atoms with Crippen LogP contribution in [0.2, 0.25) is 0 Å². The molecule has 0 saturated heterocycles. The van der Waals surface area contributed by atoms with Gasteiger partial charge in [-0.2, -0.15) is 0 Å². The van der Waals surface area contributed by atoms with Gasteiger partial charge in [0.1, 0.15) is 5.75 Å². The summed E-state index contributed by atoms with van der Waals surface area (Å²) in [6, 6.07) is 7.67. The van der Waals surface area contributed by atoms with Gasteiger partial charge >= 0.3 is 0 Å². The van der Waals surface area contributed by atoms with Gasteiger partial charge in [-0.05, 0) is 47.7 Å². The molecule has 0 aliphatic rings. The molecule has 0 bridgehead atoms. The van der Waals surface area contributed by atoms with E-state index in [0.717, 1.165) is 24.2 Å². The number of ether oxygens (including phenoxy) is 1. The minimum atomic E-state index is -0.0814. The predicted octanol–water partition coefficient (Wildman–Crippen LogP) is 5.71. The van der Waals surface area contributed by atoms with Crippen LogP contribution in [0.15, 0.2) is 30.3 Å². The average molecular weight is 301 g/mol. The van der Waals surface area contributed by atoms with Gasteiger partial charge in [-0.3, -0.25) is 0 Å². The maximum Gasteiger partial charge on any atom is 0.118 e. The summed E-state index contributed by atoms with van der Waals surface area (Å²) in [6.07, 6.45) is 4.12. The van der Waals surface area contributed by atoms with E-state index in [9.17, 15) is 0 Å². The van der Waals surface area contributed by atoms with E-state index in [1.54, 1.807) is 7.11 Å². The van der Waals surface area contributed by atoms with E-state index < -0.39 is 0 Å². The second kappa shape index (κ2) is 7.21. The van der Waals surface area contributed by atoms with E-state index in [-0.39, 0.29) is 10.8 Å². The molecule has 19 heavy (non-hydrogen) atoms. The molecule has 0 radical (unpaired) electrons. The summed E-state index contributed by atoms with van der Waals surface area (Å²) in [6.45, 7) is 6.51. The molecule has 0 aliphatic heterocycles. The molecule has 1 atom stereocenters. The lowest BCUT2D eigenvalue weighted by molar-refractivity contribution is 0.342. The Kier molecular flexibility index (Phi) is 6.22. The minimum Gasteiger partial charge on any atom is -0.497 e. The maximum atomic E-state index is 6.47. The molecule has 0 amide bonds. The first kappa shape index (κ1) is 16.4. The Balaban J connectivity index is 2.85. The van der Waals surface area contributed by atoms with Crippen molar-refractivity contribution in [2.45, 2.75) is 39.0 Å². The Morgan fingerprint density at radius 2 is 1.89 bits per heavy atom. The van der Waals surface area contributed by atoms with Crippen LogP contribution in [0, 0.1) is 5.41 Å². The molecule has 1 rings (SSSR count). The molecular formula is C16H22Cl2O. The van der Waals surface area contributed by atoms with Gasteiger partial charge in [-0.15, -0.1) is 11.6 Å². The number of hydrogen-bond donors (Lipinski definition) is 0. The van der Waals surface area contributed by atoms with Crippen LogP contribution >= 0.6 is 23.2 Å². The van der Waals surface area contributed by atoms with Crippen molar-refractivity contribution in [1.82, 2.24) is 0 Å². The molecule has 106 valence electrons. The molecule has 1 unspecified atom stereocenters. The van der Waals surface area contributed by atoms with E-state index in [2.05, 4.69) is 20.8 Å². The normalized spacial score (nSPS) is 14.3. The topological polar surface area (TPSA) is 9.23 Å². The van der Waals surface area contributed by atoms with E-state index in [1.165, 1.54) is 0 Å². The summed E-state index contributed by atoms with van der Waals surface area (Å²) in [5, 5.41) is 0.605. The van der Waals surface area contributed by atoms with E-state index in [1.807, 2.05) is 30.3 Å². The number of alkyl halides is 1. The molecular weight excluding hydrogens is 279 g/mol. The Hall–Kier alpha value is -0.660. The van der Waals surface area contributed by atoms with Crippen molar-refractivity contribution in [3.05, 3.63) is 35.9 Å². The van der Waals surface area contributed by atoms with Gasteiger partial charge in [-0.1, -0.05) is 38.8 Å². The molecule has 1 nitrogen and oxygen atoms in total. The van der Waals surface area contributed by atoms with Crippen LogP contribution in [-0.2, 0) is 0 Å². The summed E-state index contributed by atoms with van der Waals surface area (Å²) >= 11 is 12.8. The van der Waals surface area contributed by atoms with E-state index in [0.29, 0.717) is 5.03 Å². The van der Waals surface area contributed by atoms with Crippen molar-refractivity contribution in [3.63, 3.8) is 0 Å². The summed E-state index contributed by atoms with van der Waals surface area (Å²) in [4.78, 5) is 0. The number of benzene rings is 1. The van der Waals surface area contributed by atoms with Crippen molar-refractivity contribution in [2.75, 3.05) is 7.11 Å². The number of allylic oxidation sites excluding steroid dienone is 1. The van der Waals surface area contributed by atoms with Crippen LogP contribution in [0.5, 0.6) is 5.75 Å². The average Bonchev–Trinajstić information content (AvgIpc) is 2.38. The van der Waals surface area contributed by atoms with Crippen molar-refractivity contribution in [1.29, 1.82) is 0 Å². The maximum absolute atomic E-state index is 6.47. The quantitative estimate of drug-likeness (QED) is 0.612. The van der Waals surface area contributed by atoms with Gasteiger partial charge in [0.15, 0.2) is 0 Å². The van der Waals surface area contributed by atoms with Crippen LogP contribution in [0.4, 0.5) is 0 Å². The lowest BCUT2D eigenvalue weighted by Crippen LogP contribution is -2.22. The first-order chi connectivity index (χ1) is 8.90.